The van der Waals surface area contributed by atoms with E-state index in [1.54, 1.807) is 11.3 Å². The van der Waals surface area contributed by atoms with E-state index in [-0.39, 0.29) is 0 Å². The maximum absolute atomic E-state index is 9.77. The van der Waals surface area contributed by atoms with Gasteiger partial charge in [0.15, 0.2) is 12.2 Å². The highest BCUT2D eigenvalue weighted by Gasteiger charge is 2.29. The van der Waals surface area contributed by atoms with Gasteiger partial charge in [0.05, 0.1) is 15.7 Å². The van der Waals surface area contributed by atoms with Crippen molar-refractivity contribution in [2.75, 3.05) is 0 Å². The first-order chi connectivity index (χ1) is 8.93. The minimum atomic E-state index is -2.27. The summed E-state index contributed by atoms with van der Waals surface area (Å²) in [5.41, 5.74) is 2.97. The van der Waals surface area contributed by atoms with Crippen LogP contribution in [0, 0.1) is 0 Å². The second-order valence-electron chi connectivity index (χ2n) is 3.39. The fraction of sp³-hybridized carbons (Fsp3) is 0.182. The van der Waals surface area contributed by atoms with Gasteiger partial charge in [-0.25, -0.2) is 14.6 Å². The van der Waals surface area contributed by atoms with E-state index in [1.165, 1.54) is 4.70 Å². The standard InChI is InChI=1S/C7H5NS.C4H6O6/c1-2-4-7-6(3-1)8-5-9-7;5-1(3(7)8)2(6)4(9)10/h1-5H;1-2,5-6H,(H,7,8)(H,9,10). The van der Waals surface area contributed by atoms with Gasteiger partial charge in [0.1, 0.15) is 0 Å². The molecule has 0 aliphatic carbocycles. The van der Waals surface area contributed by atoms with E-state index in [4.69, 9.17) is 20.4 Å². The first-order valence-corrected chi connectivity index (χ1v) is 5.91. The van der Waals surface area contributed by atoms with Crippen LogP contribution in [0.1, 0.15) is 0 Å². The molecule has 0 aliphatic rings. The molecule has 0 fully saturated rings. The Morgan fingerprint density at radius 1 is 1.05 bits per heavy atom. The Morgan fingerprint density at radius 2 is 1.58 bits per heavy atom. The van der Waals surface area contributed by atoms with Crippen molar-refractivity contribution in [2.24, 2.45) is 0 Å². The molecule has 1 aromatic heterocycles. The molecule has 7 nitrogen and oxygen atoms in total. The van der Waals surface area contributed by atoms with Gasteiger partial charge >= 0.3 is 11.9 Å². The topological polar surface area (TPSA) is 128 Å². The Morgan fingerprint density at radius 3 is 2.05 bits per heavy atom. The first kappa shape index (κ1) is 15.0. The fourth-order valence-corrected chi connectivity index (χ4v) is 1.75. The molecule has 0 saturated heterocycles. The van der Waals surface area contributed by atoms with Gasteiger partial charge in [-0.1, -0.05) is 12.1 Å². The van der Waals surface area contributed by atoms with Crippen molar-refractivity contribution in [3.05, 3.63) is 29.8 Å². The summed E-state index contributed by atoms with van der Waals surface area (Å²) in [5.74, 6) is -3.54. The maximum Gasteiger partial charge on any atom is 0.335 e. The first-order valence-electron chi connectivity index (χ1n) is 5.03. The SMILES string of the molecule is O=C(O)C(O)C(O)C(=O)O.c1ccc2scnc2c1. The number of carboxylic acids is 2. The number of aromatic nitrogens is 1. The quantitative estimate of drug-likeness (QED) is 0.633. The number of aliphatic hydroxyl groups excluding tert-OH is 2. The molecule has 2 aromatic rings. The second kappa shape index (κ2) is 6.78. The molecule has 2 atom stereocenters. The van der Waals surface area contributed by atoms with E-state index in [2.05, 4.69) is 11.1 Å². The van der Waals surface area contributed by atoms with Gasteiger partial charge in [-0.2, -0.15) is 0 Å². The van der Waals surface area contributed by atoms with Crippen LogP contribution < -0.4 is 0 Å². The lowest BCUT2D eigenvalue weighted by molar-refractivity contribution is -0.165. The number of fused-ring (bicyclic) bond motifs is 1. The lowest BCUT2D eigenvalue weighted by Crippen LogP contribution is -2.39. The summed E-state index contributed by atoms with van der Waals surface area (Å²) < 4.78 is 1.26. The summed E-state index contributed by atoms with van der Waals surface area (Å²) in [7, 11) is 0. The van der Waals surface area contributed by atoms with Crippen molar-refractivity contribution in [1.82, 2.24) is 4.98 Å². The van der Waals surface area contributed by atoms with Gasteiger partial charge in [0, 0.05) is 0 Å². The predicted octanol–water partition coefficient (Wildman–Crippen LogP) is 0.174. The summed E-state index contributed by atoms with van der Waals surface area (Å²) in [6.45, 7) is 0. The van der Waals surface area contributed by atoms with Crippen molar-refractivity contribution in [1.29, 1.82) is 0 Å². The van der Waals surface area contributed by atoms with Gasteiger partial charge in [0.25, 0.3) is 0 Å². The predicted molar refractivity (Wildman–Crippen MR) is 66.9 cm³/mol. The van der Waals surface area contributed by atoms with E-state index in [0.29, 0.717) is 0 Å². The lowest BCUT2D eigenvalue weighted by atomic mass is 10.2. The molecule has 1 heterocycles. The highest BCUT2D eigenvalue weighted by Crippen LogP contribution is 2.15. The monoisotopic (exact) mass is 285 g/mol. The minimum Gasteiger partial charge on any atom is -0.479 e. The van der Waals surface area contributed by atoms with Crippen molar-refractivity contribution in [3.63, 3.8) is 0 Å². The number of aliphatic carboxylic acids is 2. The highest BCUT2D eigenvalue weighted by molar-refractivity contribution is 7.16. The number of para-hydroxylation sites is 1. The average Bonchev–Trinajstić information content (AvgIpc) is 2.85. The van der Waals surface area contributed by atoms with Crippen molar-refractivity contribution in [2.45, 2.75) is 12.2 Å². The molecule has 102 valence electrons. The summed E-state index contributed by atoms with van der Waals surface area (Å²) in [6.07, 6.45) is -4.53. The summed E-state index contributed by atoms with van der Waals surface area (Å²) in [5, 5.41) is 32.5. The summed E-state index contributed by atoms with van der Waals surface area (Å²) in [4.78, 5) is 23.7. The van der Waals surface area contributed by atoms with E-state index in [9.17, 15) is 9.59 Å². The zero-order valence-corrected chi connectivity index (χ0v) is 10.3. The van der Waals surface area contributed by atoms with Crippen molar-refractivity contribution >= 4 is 33.5 Å². The van der Waals surface area contributed by atoms with Crippen LogP contribution >= 0.6 is 11.3 Å². The van der Waals surface area contributed by atoms with Crippen molar-refractivity contribution in [3.8, 4) is 0 Å². The molecule has 0 radical (unpaired) electrons. The van der Waals surface area contributed by atoms with Gasteiger partial charge in [-0.15, -0.1) is 11.3 Å². The van der Waals surface area contributed by atoms with Crippen LogP contribution in [0.15, 0.2) is 29.8 Å². The molecule has 4 N–H and O–H groups in total. The van der Waals surface area contributed by atoms with Crippen LogP contribution in [-0.4, -0.2) is 49.6 Å². The number of aliphatic hydroxyl groups is 2. The third-order valence-corrected chi connectivity index (χ3v) is 2.85. The van der Waals surface area contributed by atoms with Crippen LogP contribution in [0.25, 0.3) is 10.2 Å². The summed E-state index contributed by atoms with van der Waals surface area (Å²) in [6, 6.07) is 8.13. The lowest BCUT2D eigenvalue weighted by Gasteiger charge is -2.07. The van der Waals surface area contributed by atoms with E-state index < -0.39 is 24.1 Å². The number of benzene rings is 1. The Kier molecular flexibility index (Phi) is 5.37. The molecule has 0 bridgehead atoms. The van der Waals surface area contributed by atoms with Gasteiger partial charge in [-0.05, 0) is 12.1 Å². The largest absolute Gasteiger partial charge is 0.479 e. The number of hydrogen-bond donors (Lipinski definition) is 4. The molecule has 2 rings (SSSR count). The number of hydrogen-bond acceptors (Lipinski definition) is 6. The molecule has 8 heteroatoms. The zero-order chi connectivity index (χ0) is 14.4. The summed E-state index contributed by atoms with van der Waals surface area (Å²) >= 11 is 1.68. The molecular weight excluding hydrogens is 274 g/mol. The van der Waals surface area contributed by atoms with Crippen LogP contribution in [-0.2, 0) is 9.59 Å². The van der Waals surface area contributed by atoms with Gasteiger partial charge in [0.2, 0.25) is 0 Å². The van der Waals surface area contributed by atoms with Crippen LogP contribution in [0.4, 0.5) is 0 Å². The Bertz CT molecular complexity index is 521. The Balaban J connectivity index is 0.000000190. The fourth-order valence-electron chi connectivity index (χ4n) is 1.07. The number of nitrogens with zero attached hydrogens (tertiary/aromatic N) is 1. The molecule has 0 aliphatic heterocycles. The molecule has 2 unspecified atom stereocenters. The van der Waals surface area contributed by atoms with E-state index in [1.807, 2.05) is 23.7 Å². The smallest absolute Gasteiger partial charge is 0.335 e. The Hall–Kier alpha value is -2.03. The normalized spacial score (nSPS) is 13.2. The Labute approximate surface area is 111 Å². The molecule has 0 amide bonds. The van der Waals surface area contributed by atoms with Crippen molar-refractivity contribution < 1.29 is 30.0 Å². The maximum atomic E-state index is 9.77. The molecule has 0 spiro atoms. The van der Waals surface area contributed by atoms with Crippen LogP contribution in [0.3, 0.4) is 0 Å². The molecular formula is C11H11NO6S. The van der Waals surface area contributed by atoms with Gasteiger partial charge < -0.3 is 20.4 Å². The third-order valence-electron chi connectivity index (χ3n) is 2.04. The zero-order valence-electron chi connectivity index (χ0n) is 9.50. The number of carbonyl (C=O) groups is 2. The van der Waals surface area contributed by atoms with Crippen LogP contribution in [0.5, 0.6) is 0 Å². The average molecular weight is 285 g/mol. The van der Waals surface area contributed by atoms with Gasteiger partial charge in [-0.3, -0.25) is 0 Å². The number of carboxylic acid groups (broad SMARTS) is 2. The number of thiazole rings is 1. The molecule has 1 aromatic carbocycles. The minimum absolute atomic E-state index is 1.10. The number of rotatable bonds is 3. The molecule has 0 saturated carbocycles. The van der Waals surface area contributed by atoms with E-state index >= 15 is 0 Å². The van der Waals surface area contributed by atoms with E-state index in [0.717, 1.165) is 5.52 Å². The third kappa shape index (κ3) is 4.28. The second-order valence-corrected chi connectivity index (χ2v) is 4.27. The highest BCUT2D eigenvalue weighted by atomic mass is 32.1. The van der Waals surface area contributed by atoms with Crippen LogP contribution in [0.2, 0.25) is 0 Å². The molecule has 19 heavy (non-hydrogen) atoms.